The smallest absolute Gasteiger partial charge is 0.204 e. The van der Waals surface area contributed by atoms with Gasteiger partial charge in [-0.2, -0.15) is 0 Å². The lowest BCUT2D eigenvalue weighted by Crippen LogP contribution is -2.12. The molecule has 0 aliphatic heterocycles. The first-order valence-corrected chi connectivity index (χ1v) is 8.10. The molecule has 0 amide bonds. The predicted molar refractivity (Wildman–Crippen MR) is 77.3 cm³/mol. The Morgan fingerprint density at radius 1 is 1.19 bits per heavy atom. The number of rotatable bonds is 6. The number of hydrogen-bond acceptors (Lipinski definition) is 6. The van der Waals surface area contributed by atoms with E-state index >= 15 is 0 Å². The number of phenols is 1. The summed E-state index contributed by atoms with van der Waals surface area (Å²) >= 11 is 0. The highest BCUT2D eigenvalue weighted by Gasteiger charge is 2.29. The quantitative estimate of drug-likeness (QED) is 0.809. The SMILES string of the molecule is CCc1c(C(C)CC)c(O)c(OC)c(OC)c1S(=O)(=O)[O-]. The molecule has 0 radical (unpaired) electrons. The summed E-state index contributed by atoms with van der Waals surface area (Å²) in [6.07, 6.45) is 0.957. The maximum absolute atomic E-state index is 11.7. The van der Waals surface area contributed by atoms with Crippen LogP contribution in [0.2, 0.25) is 0 Å². The van der Waals surface area contributed by atoms with E-state index in [0.717, 1.165) is 0 Å². The van der Waals surface area contributed by atoms with Gasteiger partial charge in [-0.15, -0.1) is 0 Å². The summed E-state index contributed by atoms with van der Waals surface area (Å²) in [5.74, 6) is -0.665. The molecule has 0 fully saturated rings. The van der Waals surface area contributed by atoms with Gasteiger partial charge in [0, 0.05) is 5.56 Å². The van der Waals surface area contributed by atoms with Gasteiger partial charge in [0.15, 0.2) is 11.5 Å². The maximum Gasteiger partial charge on any atom is 0.204 e. The Kier molecular flexibility index (Phi) is 5.47. The first-order chi connectivity index (χ1) is 9.74. The van der Waals surface area contributed by atoms with Crippen LogP contribution in [-0.4, -0.2) is 32.3 Å². The lowest BCUT2D eigenvalue weighted by atomic mass is 9.90. The zero-order chi connectivity index (χ0) is 16.4. The topological polar surface area (TPSA) is 95.9 Å². The number of methoxy groups -OCH3 is 2. The average molecular weight is 317 g/mol. The molecule has 1 atom stereocenters. The van der Waals surface area contributed by atoms with Gasteiger partial charge in [-0.1, -0.05) is 20.8 Å². The lowest BCUT2D eigenvalue weighted by Gasteiger charge is -2.25. The van der Waals surface area contributed by atoms with Crippen molar-refractivity contribution < 1.29 is 27.6 Å². The van der Waals surface area contributed by atoms with Crippen molar-refractivity contribution in [3.8, 4) is 17.2 Å². The molecule has 0 heterocycles. The van der Waals surface area contributed by atoms with Crippen molar-refractivity contribution in [3.63, 3.8) is 0 Å². The highest BCUT2D eigenvalue weighted by Crippen LogP contribution is 2.49. The van der Waals surface area contributed by atoms with E-state index in [-0.39, 0.29) is 35.2 Å². The first kappa shape index (κ1) is 17.6. The highest BCUT2D eigenvalue weighted by atomic mass is 32.2. The van der Waals surface area contributed by atoms with Crippen molar-refractivity contribution in [1.29, 1.82) is 0 Å². The summed E-state index contributed by atoms with van der Waals surface area (Å²) in [7, 11) is -2.26. The van der Waals surface area contributed by atoms with Crippen LogP contribution in [0.5, 0.6) is 17.2 Å². The van der Waals surface area contributed by atoms with Gasteiger partial charge in [0.2, 0.25) is 5.75 Å². The number of ether oxygens (including phenoxy) is 2. The Bertz CT molecular complexity index is 621. The Hall–Kier alpha value is -1.47. The van der Waals surface area contributed by atoms with Crippen molar-refractivity contribution in [3.05, 3.63) is 11.1 Å². The van der Waals surface area contributed by atoms with E-state index in [1.807, 2.05) is 13.8 Å². The van der Waals surface area contributed by atoms with Crippen LogP contribution in [-0.2, 0) is 16.5 Å². The van der Waals surface area contributed by atoms with E-state index in [4.69, 9.17) is 9.47 Å². The number of benzene rings is 1. The molecule has 1 unspecified atom stereocenters. The van der Waals surface area contributed by atoms with Gasteiger partial charge in [0.05, 0.1) is 14.2 Å². The van der Waals surface area contributed by atoms with Gasteiger partial charge < -0.3 is 19.1 Å². The monoisotopic (exact) mass is 317 g/mol. The fourth-order valence-corrected chi connectivity index (χ4v) is 3.42. The van der Waals surface area contributed by atoms with Crippen LogP contribution in [0.3, 0.4) is 0 Å². The predicted octanol–water partition coefficient (Wildman–Crippen LogP) is 2.39. The average Bonchev–Trinajstić information content (AvgIpc) is 2.43. The van der Waals surface area contributed by atoms with Crippen LogP contribution in [0, 0.1) is 0 Å². The Balaban J connectivity index is 4.01. The van der Waals surface area contributed by atoms with Crippen molar-refractivity contribution >= 4 is 10.1 Å². The van der Waals surface area contributed by atoms with E-state index in [1.54, 1.807) is 6.92 Å². The molecule has 1 N–H and O–H groups in total. The standard InChI is InChI=1S/C14H22O6S/c1-6-8(3)10-9(7-2)14(21(16,17)18)13(20-5)12(19-4)11(10)15/h8,15H,6-7H2,1-5H3,(H,16,17,18)/p-1. The Morgan fingerprint density at radius 3 is 2.05 bits per heavy atom. The van der Waals surface area contributed by atoms with Gasteiger partial charge in [0.1, 0.15) is 15.0 Å². The van der Waals surface area contributed by atoms with E-state index in [9.17, 15) is 18.1 Å². The Morgan fingerprint density at radius 2 is 1.71 bits per heavy atom. The summed E-state index contributed by atoms with van der Waals surface area (Å²) in [6.45, 7) is 5.48. The molecule has 0 aliphatic rings. The summed E-state index contributed by atoms with van der Waals surface area (Å²) < 4.78 is 45.1. The molecule has 7 heteroatoms. The molecule has 21 heavy (non-hydrogen) atoms. The van der Waals surface area contributed by atoms with Crippen LogP contribution in [0.25, 0.3) is 0 Å². The third kappa shape index (κ3) is 3.08. The lowest BCUT2D eigenvalue weighted by molar-refractivity contribution is 0.320. The number of aromatic hydroxyl groups is 1. The molecule has 0 saturated heterocycles. The molecule has 1 aromatic carbocycles. The molecular formula is C14H21O6S-. The summed E-state index contributed by atoms with van der Waals surface area (Å²) in [4.78, 5) is -0.447. The molecule has 0 saturated carbocycles. The fourth-order valence-electron chi connectivity index (χ4n) is 2.46. The van der Waals surface area contributed by atoms with Crippen LogP contribution < -0.4 is 9.47 Å². The van der Waals surface area contributed by atoms with E-state index in [2.05, 4.69) is 0 Å². The molecule has 120 valence electrons. The second-order valence-corrected chi connectivity index (χ2v) is 6.07. The molecular weight excluding hydrogens is 296 g/mol. The third-order valence-corrected chi connectivity index (χ3v) is 4.53. The molecule has 1 rings (SSSR count). The minimum absolute atomic E-state index is 0.125. The van der Waals surface area contributed by atoms with Gasteiger partial charge in [-0.25, -0.2) is 8.42 Å². The summed E-state index contributed by atoms with van der Waals surface area (Å²) in [5.41, 5.74) is 0.710. The molecule has 0 aromatic heterocycles. The second-order valence-electron chi connectivity index (χ2n) is 4.75. The van der Waals surface area contributed by atoms with Gasteiger partial charge in [0.25, 0.3) is 0 Å². The van der Waals surface area contributed by atoms with Crippen LogP contribution in [0.1, 0.15) is 44.2 Å². The van der Waals surface area contributed by atoms with Crippen molar-refractivity contribution in [2.75, 3.05) is 14.2 Å². The highest BCUT2D eigenvalue weighted by molar-refractivity contribution is 7.86. The molecule has 0 aliphatic carbocycles. The van der Waals surface area contributed by atoms with Gasteiger partial charge >= 0.3 is 0 Å². The van der Waals surface area contributed by atoms with E-state index < -0.39 is 15.0 Å². The van der Waals surface area contributed by atoms with E-state index in [1.165, 1.54) is 14.2 Å². The Labute approximate surface area is 125 Å². The van der Waals surface area contributed by atoms with E-state index in [0.29, 0.717) is 12.0 Å². The fraction of sp³-hybridized carbons (Fsp3) is 0.571. The zero-order valence-electron chi connectivity index (χ0n) is 12.9. The van der Waals surface area contributed by atoms with Crippen molar-refractivity contribution in [2.45, 2.75) is 44.4 Å². The largest absolute Gasteiger partial charge is 0.744 e. The summed E-state index contributed by atoms with van der Waals surface area (Å²) in [6, 6.07) is 0. The number of hydrogen-bond donors (Lipinski definition) is 1. The third-order valence-electron chi connectivity index (χ3n) is 3.60. The molecule has 0 spiro atoms. The molecule has 6 nitrogen and oxygen atoms in total. The number of phenolic OH excluding ortho intramolecular Hbond substituents is 1. The van der Waals surface area contributed by atoms with Gasteiger partial charge in [-0.05, 0) is 24.3 Å². The molecule has 0 bridgehead atoms. The summed E-state index contributed by atoms with van der Waals surface area (Å²) in [5, 5.41) is 10.4. The second kappa shape index (κ2) is 6.53. The minimum Gasteiger partial charge on any atom is -0.744 e. The first-order valence-electron chi connectivity index (χ1n) is 6.69. The van der Waals surface area contributed by atoms with Crippen LogP contribution in [0.15, 0.2) is 4.90 Å². The normalized spacial score (nSPS) is 13.0. The minimum atomic E-state index is -4.77. The van der Waals surface area contributed by atoms with Gasteiger partial charge in [-0.3, -0.25) is 0 Å². The molecule has 1 aromatic rings. The van der Waals surface area contributed by atoms with Crippen molar-refractivity contribution in [1.82, 2.24) is 0 Å². The zero-order valence-corrected chi connectivity index (χ0v) is 13.7. The maximum atomic E-state index is 11.7. The van der Waals surface area contributed by atoms with Crippen LogP contribution in [0.4, 0.5) is 0 Å². The van der Waals surface area contributed by atoms with Crippen LogP contribution >= 0.6 is 0 Å². The van der Waals surface area contributed by atoms with Crippen molar-refractivity contribution in [2.24, 2.45) is 0 Å².